The van der Waals surface area contributed by atoms with Crippen LogP contribution in [-0.2, 0) is 6.54 Å². The van der Waals surface area contributed by atoms with Gasteiger partial charge < -0.3 is 39.0 Å². The summed E-state index contributed by atoms with van der Waals surface area (Å²) in [6, 6.07) is 9.85. The molecule has 6 rings (SSSR count). The summed E-state index contributed by atoms with van der Waals surface area (Å²) in [6.07, 6.45) is 1.60. The van der Waals surface area contributed by atoms with Crippen molar-refractivity contribution in [3.63, 3.8) is 0 Å². The molecule has 2 aliphatic heterocycles. The summed E-state index contributed by atoms with van der Waals surface area (Å²) in [4.78, 5) is 17.0. The minimum atomic E-state index is 0. The van der Waals surface area contributed by atoms with E-state index in [0.29, 0.717) is 18.0 Å². The Balaban J connectivity index is 0.00000280. The third kappa shape index (κ3) is 4.50. The molecule has 37 heavy (non-hydrogen) atoms. The van der Waals surface area contributed by atoms with Gasteiger partial charge in [0.2, 0.25) is 6.79 Å². The fourth-order valence-corrected chi connectivity index (χ4v) is 4.99. The van der Waals surface area contributed by atoms with E-state index in [4.69, 9.17) is 31.2 Å². The first-order valence-electron chi connectivity index (χ1n) is 11.7. The smallest absolute Gasteiger partial charge is 0.231 e. The number of hydrogen-bond acceptors (Lipinski definition) is 8. The Kier molecular flexibility index (Phi) is 6.79. The van der Waals surface area contributed by atoms with Crippen molar-refractivity contribution >= 4 is 45.1 Å². The number of rotatable bonds is 5. The topological polar surface area (TPSA) is 97.0 Å². The number of nitrogens with one attached hydrogen (secondary N) is 2. The molecule has 0 saturated carbocycles. The van der Waals surface area contributed by atoms with Gasteiger partial charge in [-0.05, 0) is 36.0 Å². The third-order valence-corrected chi connectivity index (χ3v) is 7.02. The molecule has 2 aliphatic rings. The Bertz CT molecular complexity index is 1450. The number of thiocarbonyl (C=S) groups is 1. The number of hydrogen-bond donors (Lipinski definition) is 2. The van der Waals surface area contributed by atoms with Gasteiger partial charge in [0, 0.05) is 44.2 Å². The molecule has 0 radical (unpaired) electrons. The second-order valence-corrected chi connectivity index (χ2v) is 9.01. The van der Waals surface area contributed by atoms with Crippen LogP contribution in [-0.4, -0.2) is 72.2 Å². The SMILES string of the molecule is C.COc1cc2[nH]c3ncnc(N4CCN(C(=S)NCc5ccc6c(c5)OCO6)CC4)c3c2cc1OC. The number of methoxy groups -OCH3 is 2. The number of H-pyrrole nitrogens is 1. The van der Waals surface area contributed by atoms with Gasteiger partial charge in [-0.15, -0.1) is 0 Å². The molecule has 1 saturated heterocycles. The second kappa shape index (κ2) is 10.2. The maximum absolute atomic E-state index is 5.69. The summed E-state index contributed by atoms with van der Waals surface area (Å²) in [5.41, 5.74) is 2.81. The van der Waals surface area contributed by atoms with Crippen LogP contribution in [0.25, 0.3) is 21.9 Å². The van der Waals surface area contributed by atoms with Crippen LogP contribution in [0.15, 0.2) is 36.7 Å². The summed E-state index contributed by atoms with van der Waals surface area (Å²) in [6.45, 7) is 4.06. The Labute approximate surface area is 220 Å². The highest BCUT2D eigenvalue weighted by atomic mass is 32.1. The first kappa shape index (κ1) is 24.7. The summed E-state index contributed by atoms with van der Waals surface area (Å²) in [5, 5.41) is 6.09. The lowest BCUT2D eigenvalue weighted by Crippen LogP contribution is -2.51. The molecule has 10 nitrogen and oxygen atoms in total. The van der Waals surface area contributed by atoms with Gasteiger partial charge in [-0.2, -0.15) is 0 Å². The minimum absolute atomic E-state index is 0. The van der Waals surface area contributed by atoms with Crippen molar-refractivity contribution in [1.82, 2.24) is 25.2 Å². The van der Waals surface area contributed by atoms with E-state index in [0.717, 1.165) is 76.1 Å². The van der Waals surface area contributed by atoms with E-state index in [-0.39, 0.29) is 14.2 Å². The highest BCUT2D eigenvalue weighted by Crippen LogP contribution is 2.38. The Morgan fingerprint density at radius 3 is 2.57 bits per heavy atom. The van der Waals surface area contributed by atoms with Crippen LogP contribution in [0.1, 0.15) is 13.0 Å². The zero-order chi connectivity index (χ0) is 24.6. The van der Waals surface area contributed by atoms with E-state index in [2.05, 4.69) is 30.1 Å². The van der Waals surface area contributed by atoms with Crippen molar-refractivity contribution in [2.45, 2.75) is 14.0 Å². The molecular weight excluding hydrogens is 492 g/mol. The fraction of sp³-hybridized carbons (Fsp3) is 0.346. The first-order valence-corrected chi connectivity index (χ1v) is 12.1. The summed E-state index contributed by atoms with van der Waals surface area (Å²) < 4.78 is 21.8. The minimum Gasteiger partial charge on any atom is -0.493 e. The van der Waals surface area contributed by atoms with Crippen LogP contribution in [0.5, 0.6) is 23.0 Å². The summed E-state index contributed by atoms with van der Waals surface area (Å²) >= 11 is 5.69. The number of fused-ring (bicyclic) bond motifs is 4. The Morgan fingerprint density at radius 1 is 1.03 bits per heavy atom. The lowest BCUT2D eigenvalue weighted by Gasteiger charge is -2.37. The number of aromatic nitrogens is 3. The molecule has 1 fully saturated rings. The van der Waals surface area contributed by atoms with E-state index in [1.165, 1.54) is 0 Å². The van der Waals surface area contributed by atoms with Gasteiger partial charge in [0.1, 0.15) is 17.8 Å². The molecule has 2 N–H and O–H groups in total. The quantitative estimate of drug-likeness (QED) is 0.378. The van der Waals surface area contributed by atoms with Crippen molar-refractivity contribution in [3.05, 3.63) is 42.2 Å². The van der Waals surface area contributed by atoms with Gasteiger partial charge in [-0.25, -0.2) is 9.97 Å². The van der Waals surface area contributed by atoms with Gasteiger partial charge in [0.05, 0.1) is 25.1 Å². The van der Waals surface area contributed by atoms with Crippen LogP contribution >= 0.6 is 12.2 Å². The van der Waals surface area contributed by atoms with E-state index in [9.17, 15) is 0 Å². The predicted molar refractivity (Wildman–Crippen MR) is 147 cm³/mol. The molecule has 0 spiro atoms. The molecule has 194 valence electrons. The van der Waals surface area contributed by atoms with Crippen molar-refractivity contribution in [3.8, 4) is 23.0 Å². The van der Waals surface area contributed by atoms with Gasteiger partial charge in [-0.3, -0.25) is 0 Å². The van der Waals surface area contributed by atoms with Crippen molar-refractivity contribution in [2.24, 2.45) is 0 Å². The monoisotopic (exact) mass is 522 g/mol. The standard InChI is InChI=1S/C25H26N6O4S.CH4/c1-32-19-10-16-17(11-20(19)33-2)29-23-22(16)24(28-13-27-23)30-5-7-31(8-6-30)25(36)26-12-15-3-4-18-21(9-15)35-14-34-18;/h3-4,9-11,13H,5-8,12,14H2,1-2H3,(H,26,36)(H,27,28,29);1H4. The number of benzene rings is 2. The molecule has 0 aliphatic carbocycles. The van der Waals surface area contributed by atoms with E-state index in [1.54, 1.807) is 20.5 Å². The van der Waals surface area contributed by atoms with E-state index < -0.39 is 0 Å². The molecule has 2 aromatic carbocycles. The maximum Gasteiger partial charge on any atom is 0.231 e. The van der Waals surface area contributed by atoms with Crippen LogP contribution in [0, 0.1) is 0 Å². The molecule has 4 aromatic rings. The molecule has 11 heteroatoms. The van der Waals surface area contributed by atoms with Crippen LogP contribution in [0.4, 0.5) is 5.82 Å². The summed E-state index contributed by atoms with van der Waals surface area (Å²) in [7, 11) is 3.27. The van der Waals surface area contributed by atoms with E-state index >= 15 is 0 Å². The van der Waals surface area contributed by atoms with Gasteiger partial charge in [-0.1, -0.05) is 13.5 Å². The average Bonchev–Trinajstić information content (AvgIpc) is 3.54. The third-order valence-electron chi connectivity index (χ3n) is 6.62. The number of piperazine rings is 1. The van der Waals surface area contributed by atoms with Crippen molar-refractivity contribution < 1.29 is 18.9 Å². The summed E-state index contributed by atoms with van der Waals surface area (Å²) in [5.74, 6) is 3.80. The molecular formula is C26H30N6O4S. The van der Waals surface area contributed by atoms with Crippen LogP contribution < -0.4 is 29.2 Å². The fourth-order valence-electron chi connectivity index (χ4n) is 4.74. The number of aromatic amines is 1. The number of ether oxygens (including phenoxy) is 4. The van der Waals surface area contributed by atoms with Crippen LogP contribution in [0.2, 0.25) is 0 Å². The van der Waals surface area contributed by atoms with Crippen molar-refractivity contribution in [1.29, 1.82) is 0 Å². The lowest BCUT2D eigenvalue weighted by atomic mass is 10.1. The zero-order valence-electron chi connectivity index (χ0n) is 20.0. The van der Waals surface area contributed by atoms with Gasteiger partial charge in [0.25, 0.3) is 0 Å². The molecule has 2 aromatic heterocycles. The van der Waals surface area contributed by atoms with Gasteiger partial charge >= 0.3 is 0 Å². The van der Waals surface area contributed by atoms with E-state index in [1.807, 2.05) is 30.3 Å². The first-order chi connectivity index (χ1) is 17.6. The average molecular weight is 523 g/mol. The molecule has 0 atom stereocenters. The highest BCUT2D eigenvalue weighted by molar-refractivity contribution is 7.80. The molecule has 0 amide bonds. The largest absolute Gasteiger partial charge is 0.493 e. The Hall–Kier alpha value is -3.99. The highest BCUT2D eigenvalue weighted by Gasteiger charge is 2.24. The zero-order valence-corrected chi connectivity index (χ0v) is 20.9. The van der Waals surface area contributed by atoms with Crippen molar-refractivity contribution in [2.75, 3.05) is 52.1 Å². The molecule has 0 unspecified atom stereocenters. The normalized spacial score (nSPS) is 14.5. The lowest BCUT2D eigenvalue weighted by molar-refractivity contribution is 0.174. The Morgan fingerprint density at radius 2 is 1.78 bits per heavy atom. The molecule has 4 heterocycles. The maximum atomic E-state index is 5.69. The second-order valence-electron chi connectivity index (χ2n) is 8.62. The number of anilines is 1. The molecule has 0 bridgehead atoms. The number of nitrogens with zero attached hydrogens (tertiary/aromatic N) is 4. The predicted octanol–water partition coefficient (Wildman–Crippen LogP) is 3.69. The van der Waals surface area contributed by atoms with Crippen LogP contribution in [0.3, 0.4) is 0 Å². The van der Waals surface area contributed by atoms with Gasteiger partial charge in [0.15, 0.2) is 28.1 Å².